The van der Waals surface area contributed by atoms with Crippen LogP contribution in [-0.2, 0) is 0 Å². The third kappa shape index (κ3) is 3.41. The molecule has 0 atom stereocenters. The van der Waals surface area contributed by atoms with Gasteiger partial charge in [0.1, 0.15) is 9.88 Å². The number of carbonyl (C=O) groups is 2. The molecular formula is C13H22N4O2S. The molecule has 7 heteroatoms. The van der Waals surface area contributed by atoms with Crippen LogP contribution >= 0.6 is 11.3 Å². The first-order valence-corrected chi connectivity index (χ1v) is 7.54. The second-order valence-corrected chi connectivity index (χ2v) is 5.45. The van der Waals surface area contributed by atoms with Crippen molar-refractivity contribution >= 4 is 33.8 Å². The molecule has 0 fully saturated rings. The Morgan fingerprint density at radius 1 is 1.25 bits per heavy atom. The van der Waals surface area contributed by atoms with Crippen LogP contribution in [0.4, 0.5) is 10.7 Å². The summed E-state index contributed by atoms with van der Waals surface area (Å²) in [7, 11) is 0. The monoisotopic (exact) mass is 298 g/mol. The Kier molecular flexibility index (Phi) is 5.82. The van der Waals surface area contributed by atoms with E-state index in [2.05, 4.69) is 10.6 Å². The van der Waals surface area contributed by atoms with Crippen LogP contribution in [0.1, 0.15) is 53.6 Å². The quantitative estimate of drug-likeness (QED) is 0.615. The highest BCUT2D eigenvalue weighted by atomic mass is 32.1. The zero-order chi connectivity index (χ0) is 15.3. The fraction of sp³-hybridized carbons (Fsp3) is 0.538. The lowest BCUT2D eigenvalue weighted by molar-refractivity contribution is 0.0960. The zero-order valence-corrected chi connectivity index (χ0v) is 12.9. The number of primary amides is 1. The molecule has 0 aliphatic rings. The molecule has 0 saturated carbocycles. The van der Waals surface area contributed by atoms with Crippen molar-refractivity contribution in [2.24, 2.45) is 5.73 Å². The van der Waals surface area contributed by atoms with E-state index in [1.807, 2.05) is 20.8 Å². The van der Waals surface area contributed by atoms with Gasteiger partial charge in [-0.15, -0.1) is 11.3 Å². The van der Waals surface area contributed by atoms with E-state index in [-0.39, 0.29) is 23.2 Å². The van der Waals surface area contributed by atoms with Crippen molar-refractivity contribution in [1.82, 2.24) is 5.32 Å². The number of amides is 2. The van der Waals surface area contributed by atoms with Gasteiger partial charge in [0.25, 0.3) is 11.8 Å². The Labute approximate surface area is 122 Å². The molecule has 1 aromatic rings. The van der Waals surface area contributed by atoms with Crippen LogP contribution in [-0.4, -0.2) is 24.4 Å². The van der Waals surface area contributed by atoms with E-state index >= 15 is 0 Å². The first-order valence-electron chi connectivity index (χ1n) is 6.72. The second kappa shape index (κ2) is 7.14. The Balaban J connectivity index is 3.19. The van der Waals surface area contributed by atoms with E-state index in [0.29, 0.717) is 16.4 Å². The summed E-state index contributed by atoms with van der Waals surface area (Å²) in [6.45, 7) is 6.41. The van der Waals surface area contributed by atoms with Crippen molar-refractivity contribution in [2.75, 3.05) is 17.6 Å². The lowest BCUT2D eigenvalue weighted by atomic mass is 10.1. The Hall–Kier alpha value is -1.76. The van der Waals surface area contributed by atoms with Gasteiger partial charge >= 0.3 is 0 Å². The Morgan fingerprint density at radius 2 is 1.85 bits per heavy atom. The summed E-state index contributed by atoms with van der Waals surface area (Å²) in [5.41, 5.74) is 11.6. The minimum Gasteiger partial charge on any atom is -0.397 e. The summed E-state index contributed by atoms with van der Waals surface area (Å²) >= 11 is 1.17. The minimum atomic E-state index is -0.622. The number of carbonyl (C=O) groups excluding carboxylic acids is 2. The van der Waals surface area contributed by atoms with Crippen LogP contribution in [0.15, 0.2) is 0 Å². The van der Waals surface area contributed by atoms with Crippen molar-refractivity contribution < 1.29 is 9.59 Å². The van der Waals surface area contributed by atoms with Gasteiger partial charge in [-0.3, -0.25) is 9.59 Å². The average Bonchev–Trinajstić information content (AvgIpc) is 2.73. The maximum atomic E-state index is 11.9. The van der Waals surface area contributed by atoms with E-state index < -0.39 is 5.91 Å². The minimum absolute atomic E-state index is 0.155. The number of nitrogens with two attached hydrogens (primary N) is 2. The maximum Gasteiger partial charge on any atom is 0.263 e. The molecule has 112 valence electrons. The normalized spacial score (nSPS) is 10.6. The van der Waals surface area contributed by atoms with E-state index in [9.17, 15) is 9.59 Å². The molecule has 2 amide bonds. The maximum absolute atomic E-state index is 11.9. The number of rotatable bonds is 7. The Morgan fingerprint density at radius 3 is 2.30 bits per heavy atom. The SMILES string of the molecule is CCNC(=O)c1sc(NC(CC)CC)c(C(N)=O)c1N. The number of nitrogens with one attached hydrogen (secondary N) is 2. The van der Waals surface area contributed by atoms with Crippen molar-refractivity contribution in [3.05, 3.63) is 10.4 Å². The fourth-order valence-electron chi connectivity index (χ4n) is 1.88. The van der Waals surface area contributed by atoms with Crippen LogP contribution in [0, 0.1) is 0 Å². The highest BCUT2D eigenvalue weighted by Crippen LogP contribution is 2.36. The van der Waals surface area contributed by atoms with Crippen LogP contribution in [0.25, 0.3) is 0 Å². The first kappa shape index (κ1) is 16.3. The highest BCUT2D eigenvalue weighted by molar-refractivity contribution is 7.19. The predicted octanol–water partition coefficient (Wildman–Crippen LogP) is 1.78. The van der Waals surface area contributed by atoms with Gasteiger partial charge in [0.15, 0.2) is 0 Å². The summed E-state index contributed by atoms with van der Waals surface area (Å²) in [4.78, 5) is 23.8. The summed E-state index contributed by atoms with van der Waals surface area (Å²) in [5.74, 6) is -0.905. The lowest BCUT2D eigenvalue weighted by Crippen LogP contribution is -2.23. The molecule has 1 heterocycles. The smallest absolute Gasteiger partial charge is 0.263 e. The van der Waals surface area contributed by atoms with E-state index in [1.165, 1.54) is 11.3 Å². The van der Waals surface area contributed by atoms with Gasteiger partial charge in [0.2, 0.25) is 0 Å². The largest absolute Gasteiger partial charge is 0.397 e. The molecule has 1 aromatic heterocycles. The molecule has 0 radical (unpaired) electrons. The van der Waals surface area contributed by atoms with Gasteiger partial charge < -0.3 is 22.1 Å². The van der Waals surface area contributed by atoms with Crippen molar-refractivity contribution in [3.63, 3.8) is 0 Å². The summed E-state index contributed by atoms with van der Waals surface area (Å²) < 4.78 is 0. The second-order valence-electron chi connectivity index (χ2n) is 4.43. The number of thiophene rings is 1. The number of hydrogen-bond donors (Lipinski definition) is 4. The molecule has 6 nitrogen and oxygen atoms in total. The van der Waals surface area contributed by atoms with Gasteiger partial charge in [0.05, 0.1) is 11.3 Å². The fourth-order valence-corrected chi connectivity index (χ4v) is 3.00. The van der Waals surface area contributed by atoms with E-state index in [0.717, 1.165) is 12.8 Å². The van der Waals surface area contributed by atoms with Crippen molar-refractivity contribution in [3.8, 4) is 0 Å². The molecule has 1 rings (SSSR count). The van der Waals surface area contributed by atoms with E-state index in [1.54, 1.807) is 0 Å². The van der Waals surface area contributed by atoms with E-state index in [4.69, 9.17) is 11.5 Å². The van der Waals surface area contributed by atoms with Crippen molar-refractivity contribution in [2.45, 2.75) is 39.7 Å². The third-order valence-electron chi connectivity index (χ3n) is 3.06. The van der Waals surface area contributed by atoms with Crippen molar-refractivity contribution in [1.29, 1.82) is 0 Å². The average molecular weight is 298 g/mol. The molecular weight excluding hydrogens is 276 g/mol. The van der Waals surface area contributed by atoms with Gasteiger partial charge in [-0.05, 0) is 19.8 Å². The molecule has 0 spiro atoms. The lowest BCUT2D eigenvalue weighted by Gasteiger charge is -2.15. The van der Waals surface area contributed by atoms with Gasteiger partial charge in [-0.25, -0.2) is 0 Å². The standard InChI is InChI=1S/C13H22N4O2S/c1-4-7(5-2)17-13-8(11(15)18)9(14)10(20-13)12(19)16-6-3/h7,17H,4-6,14H2,1-3H3,(H2,15,18)(H,16,19). The molecule has 0 aliphatic carbocycles. The van der Waals surface area contributed by atoms with Crippen LogP contribution in [0.3, 0.4) is 0 Å². The highest BCUT2D eigenvalue weighted by Gasteiger charge is 2.24. The molecule has 0 aliphatic heterocycles. The van der Waals surface area contributed by atoms with Crippen LogP contribution in [0.5, 0.6) is 0 Å². The van der Waals surface area contributed by atoms with Gasteiger partial charge in [-0.2, -0.15) is 0 Å². The van der Waals surface area contributed by atoms with Gasteiger partial charge in [-0.1, -0.05) is 13.8 Å². The molecule has 0 aromatic carbocycles. The molecule has 0 bridgehead atoms. The van der Waals surface area contributed by atoms with Crippen LogP contribution < -0.4 is 22.1 Å². The summed E-state index contributed by atoms with van der Waals surface area (Å²) in [5, 5.41) is 6.49. The number of nitrogen functional groups attached to an aromatic ring is 1. The third-order valence-corrected chi connectivity index (χ3v) is 4.19. The molecule has 6 N–H and O–H groups in total. The molecule has 0 saturated heterocycles. The summed E-state index contributed by atoms with van der Waals surface area (Å²) in [6.07, 6.45) is 1.81. The predicted molar refractivity (Wildman–Crippen MR) is 83.2 cm³/mol. The van der Waals surface area contributed by atoms with Crippen LogP contribution in [0.2, 0.25) is 0 Å². The number of hydrogen-bond acceptors (Lipinski definition) is 5. The van der Waals surface area contributed by atoms with Gasteiger partial charge in [0, 0.05) is 12.6 Å². The topological polar surface area (TPSA) is 110 Å². The Bertz CT molecular complexity index is 495. The number of anilines is 2. The molecule has 20 heavy (non-hydrogen) atoms. The first-order chi connectivity index (χ1) is 9.46. The zero-order valence-electron chi connectivity index (χ0n) is 12.1. The molecule has 0 unspecified atom stereocenters. The summed E-state index contributed by atoms with van der Waals surface area (Å²) in [6, 6.07) is 0.216.